The van der Waals surface area contributed by atoms with Gasteiger partial charge in [0.2, 0.25) is 0 Å². The third-order valence-corrected chi connectivity index (χ3v) is 9.72. The third kappa shape index (κ3) is 38.0. The number of quaternary nitrogens is 1. The number of carbonyl (C=O) groups is 2. The van der Waals surface area contributed by atoms with Crippen LogP contribution in [-0.4, -0.2) is 74.9 Å². The lowest BCUT2D eigenvalue weighted by molar-refractivity contribution is -0.870. The molecule has 0 aromatic rings. The van der Waals surface area contributed by atoms with Crippen LogP contribution >= 0.6 is 7.82 Å². The molecule has 0 aromatic carbocycles. The average Bonchev–Trinajstić information content (AvgIpc) is 3.07. The first-order valence-corrected chi connectivity index (χ1v) is 22.1. The molecule has 0 spiro atoms. The van der Waals surface area contributed by atoms with Gasteiger partial charge in [0.1, 0.15) is 19.8 Å². The van der Waals surface area contributed by atoms with Gasteiger partial charge >= 0.3 is 19.8 Å². The van der Waals surface area contributed by atoms with E-state index in [2.05, 4.69) is 38.2 Å². The second kappa shape index (κ2) is 34.3. The highest BCUT2D eigenvalue weighted by atomic mass is 31.2. The number of esters is 2. The fourth-order valence-corrected chi connectivity index (χ4v) is 6.20. The minimum Gasteiger partial charge on any atom is -0.462 e. The first-order valence-electron chi connectivity index (χ1n) is 20.6. The van der Waals surface area contributed by atoms with Gasteiger partial charge in [0.05, 0.1) is 27.7 Å². The lowest BCUT2D eigenvalue weighted by Gasteiger charge is -2.24. The Balaban J connectivity index is 4.42. The molecule has 51 heavy (non-hydrogen) atoms. The number of rotatable bonds is 37. The Morgan fingerprint density at radius 1 is 0.608 bits per heavy atom. The number of nitrogens with zero attached hydrogens (tertiary/aromatic N) is 1. The van der Waals surface area contributed by atoms with Crippen molar-refractivity contribution in [2.75, 3.05) is 47.5 Å². The van der Waals surface area contributed by atoms with E-state index in [4.69, 9.17) is 18.5 Å². The largest absolute Gasteiger partial charge is 0.472 e. The van der Waals surface area contributed by atoms with E-state index in [0.29, 0.717) is 17.4 Å². The molecule has 2 atom stereocenters. The number of carbonyl (C=O) groups excluding carboxylic acids is 2. The van der Waals surface area contributed by atoms with Gasteiger partial charge in [-0.2, -0.15) is 0 Å². The number of ether oxygens (including phenoxy) is 2. The number of likely N-dealkylation sites (N-methyl/N-ethyl adjacent to an activating group) is 1. The van der Waals surface area contributed by atoms with Crippen LogP contribution in [0.15, 0.2) is 24.3 Å². The molecule has 0 saturated heterocycles. The van der Waals surface area contributed by atoms with Crippen molar-refractivity contribution in [2.45, 2.75) is 180 Å². The van der Waals surface area contributed by atoms with Crippen molar-refractivity contribution in [2.24, 2.45) is 0 Å². The molecule has 0 saturated carbocycles. The zero-order chi connectivity index (χ0) is 37.9. The van der Waals surface area contributed by atoms with Crippen LogP contribution in [0.5, 0.6) is 0 Å². The quantitative estimate of drug-likeness (QED) is 0.0220. The predicted molar refractivity (Wildman–Crippen MR) is 211 cm³/mol. The predicted octanol–water partition coefficient (Wildman–Crippen LogP) is 11.2. The van der Waals surface area contributed by atoms with Crippen molar-refractivity contribution in [3.05, 3.63) is 24.3 Å². The van der Waals surface area contributed by atoms with Crippen molar-refractivity contribution in [3.8, 4) is 0 Å². The molecule has 0 heterocycles. The number of unbranched alkanes of at least 4 members (excludes halogenated alkanes) is 19. The van der Waals surface area contributed by atoms with E-state index in [1.807, 2.05) is 21.1 Å². The summed E-state index contributed by atoms with van der Waals surface area (Å²) in [5.74, 6) is -0.812. The number of hydrogen-bond acceptors (Lipinski definition) is 7. The molecule has 0 aliphatic rings. The van der Waals surface area contributed by atoms with Crippen LogP contribution in [0.2, 0.25) is 0 Å². The molecule has 0 bridgehead atoms. The summed E-state index contributed by atoms with van der Waals surface area (Å²) in [6, 6.07) is 0. The zero-order valence-corrected chi connectivity index (χ0v) is 34.5. The summed E-state index contributed by atoms with van der Waals surface area (Å²) < 4.78 is 34.2. The molecule has 0 radical (unpaired) electrons. The van der Waals surface area contributed by atoms with Gasteiger partial charge < -0.3 is 18.9 Å². The summed E-state index contributed by atoms with van der Waals surface area (Å²) in [6.45, 7) is 4.38. The Labute approximate surface area is 313 Å². The highest BCUT2D eigenvalue weighted by molar-refractivity contribution is 7.47. The van der Waals surface area contributed by atoms with E-state index in [1.54, 1.807) is 0 Å². The Hall–Kier alpha value is -1.51. The zero-order valence-electron chi connectivity index (χ0n) is 33.6. The minimum absolute atomic E-state index is 0.0303. The van der Waals surface area contributed by atoms with Gasteiger partial charge in [-0.25, -0.2) is 4.57 Å². The summed E-state index contributed by atoms with van der Waals surface area (Å²) in [6.07, 6.45) is 35.0. The molecule has 0 aliphatic heterocycles. The Kier molecular flexibility index (Phi) is 33.3. The minimum atomic E-state index is -4.37. The molecular weight excluding hydrogens is 665 g/mol. The summed E-state index contributed by atoms with van der Waals surface area (Å²) in [5, 5.41) is 0. The fraction of sp³-hybridized carbons (Fsp3) is 0.854. The fourth-order valence-electron chi connectivity index (χ4n) is 5.45. The van der Waals surface area contributed by atoms with Crippen LogP contribution in [0, 0.1) is 0 Å². The SMILES string of the molecule is CCCCCC/C=C\C/C=C\CCCCCCCC(=O)OC(COC(=O)CCCCCCCCCCCCC)COP(=O)(O)OCC[N+](C)(C)C. The van der Waals surface area contributed by atoms with Gasteiger partial charge in [-0.3, -0.25) is 18.6 Å². The highest BCUT2D eigenvalue weighted by Gasteiger charge is 2.27. The van der Waals surface area contributed by atoms with Crippen LogP contribution in [0.1, 0.15) is 174 Å². The van der Waals surface area contributed by atoms with Gasteiger partial charge in [-0.05, 0) is 44.9 Å². The molecular formula is C41H79NO8P+. The van der Waals surface area contributed by atoms with E-state index in [9.17, 15) is 19.0 Å². The molecule has 0 aromatic heterocycles. The Bertz CT molecular complexity index is 933. The highest BCUT2D eigenvalue weighted by Crippen LogP contribution is 2.43. The molecule has 0 aliphatic carbocycles. The van der Waals surface area contributed by atoms with Gasteiger partial charge in [0, 0.05) is 12.8 Å². The van der Waals surface area contributed by atoms with Gasteiger partial charge in [0.25, 0.3) is 0 Å². The van der Waals surface area contributed by atoms with Crippen molar-refractivity contribution < 1.29 is 42.1 Å². The first kappa shape index (κ1) is 49.5. The monoisotopic (exact) mass is 745 g/mol. The van der Waals surface area contributed by atoms with E-state index in [0.717, 1.165) is 57.8 Å². The van der Waals surface area contributed by atoms with Crippen molar-refractivity contribution in [1.29, 1.82) is 0 Å². The van der Waals surface area contributed by atoms with Gasteiger partial charge in [0.15, 0.2) is 6.10 Å². The molecule has 9 nitrogen and oxygen atoms in total. The molecule has 10 heteroatoms. The summed E-state index contributed by atoms with van der Waals surface area (Å²) in [7, 11) is 1.47. The number of phosphoric acid groups is 1. The molecule has 0 fully saturated rings. The lowest BCUT2D eigenvalue weighted by atomic mass is 10.1. The van der Waals surface area contributed by atoms with Crippen LogP contribution in [-0.2, 0) is 32.7 Å². The summed E-state index contributed by atoms with van der Waals surface area (Å²) in [4.78, 5) is 35.2. The van der Waals surface area contributed by atoms with Crippen molar-refractivity contribution in [3.63, 3.8) is 0 Å². The number of hydrogen-bond donors (Lipinski definition) is 1. The van der Waals surface area contributed by atoms with E-state index in [-0.39, 0.29) is 32.0 Å². The molecule has 300 valence electrons. The van der Waals surface area contributed by atoms with Gasteiger partial charge in [-0.1, -0.05) is 141 Å². The first-order chi connectivity index (χ1) is 24.5. The molecule has 2 unspecified atom stereocenters. The lowest BCUT2D eigenvalue weighted by Crippen LogP contribution is -2.37. The van der Waals surface area contributed by atoms with E-state index in [1.165, 1.54) is 83.5 Å². The Morgan fingerprint density at radius 3 is 1.57 bits per heavy atom. The van der Waals surface area contributed by atoms with Crippen molar-refractivity contribution in [1.82, 2.24) is 0 Å². The van der Waals surface area contributed by atoms with Crippen LogP contribution in [0.3, 0.4) is 0 Å². The second-order valence-corrected chi connectivity index (χ2v) is 16.5. The maximum absolute atomic E-state index is 12.6. The normalized spacial score (nSPS) is 13.9. The Morgan fingerprint density at radius 2 is 1.06 bits per heavy atom. The average molecular weight is 745 g/mol. The van der Waals surface area contributed by atoms with E-state index < -0.39 is 26.5 Å². The standard InChI is InChI=1S/C41H78NO8P/c1-6-8-10-12-14-16-18-19-20-21-22-24-26-28-30-32-34-41(44)50-39(38-49-51(45,46)48-36-35-42(3,4)5)37-47-40(43)33-31-29-27-25-23-17-15-13-11-9-7-2/h16,18,20-21,39H,6-15,17,19,22-38H2,1-5H3/p+1/b18-16-,21-20-. The van der Waals surface area contributed by atoms with E-state index >= 15 is 0 Å². The second-order valence-electron chi connectivity index (χ2n) is 15.0. The third-order valence-electron chi connectivity index (χ3n) is 8.73. The van der Waals surface area contributed by atoms with Crippen LogP contribution < -0.4 is 0 Å². The molecule has 0 amide bonds. The summed E-state index contributed by atoms with van der Waals surface area (Å²) in [5.41, 5.74) is 0. The molecule has 0 rings (SSSR count). The maximum Gasteiger partial charge on any atom is 0.472 e. The smallest absolute Gasteiger partial charge is 0.462 e. The number of phosphoric ester groups is 1. The molecule has 1 N–H and O–H groups in total. The number of allylic oxidation sites excluding steroid dienone is 4. The van der Waals surface area contributed by atoms with Crippen LogP contribution in [0.25, 0.3) is 0 Å². The summed E-state index contributed by atoms with van der Waals surface area (Å²) >= 11 is 0. The van der Waals surface area contributed by atoms with Crippen LogP contribution in [0.4, 0.5) is 0 Å². The van der Waals surface area contributed by atoms with Crippen molar-refractivity contribution >= 4 is 19.8 Å². The topological polar surface area (TPSA) is 108 Å². The van der Waals surface area contributed by atoms with Gasteiger partial charge in [-0.15, -0.1) is 0 Å². The maximum atomic E-state index is 12.6.